The number of hydrogen-bond acceptors (Lipinski definition) is 5. The number of ether oxygens (including phenoxy) is 1. The molecule has 2 aromatic rings. The fourth-order valence-electron chi connectivity index (χ4n) is 1.03. The normalized spacial score (nSPS) is 10.1. The van der Waals surface area contributed by atoms with Crippen molar-refractivity contribution in [2.24, 2.45) is 0 Å². The highest BCUT2D eigenvalue weighted by Crippen LogP contribution is 2.14. The van der Waals surface area contributed by atoms with Crippen molar-refractivity contribution in [2.75, 3.05) is 6.61 Å². The molecule has 0 spiro atoms. The van der Waals surface area contributed by atoms with E-state index in [1.165, 1.54) is 0 Å². The van der Waals surface area contributed by atoms with Crippen LogP contribution in [0.4, 0.5) is 0 Å². The van der Waals surface area contributed by atoms with Gasteiger partial charge in [-0.25, -0.2) is 4.98 Å². The lowest BCUT2D eigenvalue weighted by Crippen LogP contribution is -1.94. The summed E-state index contributed by atoms with van der Waals surface area (Å²) < 4.78 is 5.20. The molecule has 0 unspecified atom stereocenters. The van der Waals surface area contributed by atoms with Crippen molar-refractivity contribution in [3.8, 4) is 17.3 Å². The summed E-state index contributed by atoms with van der Waals surface area (Å²) in [5.41, 5.74) is 0.808. The van der Waals surface area contributed by atoms with Gasteiger partial charge in [0.25, 0.3) is 0 Å². The minimum absolute atomic E-state index is 0.528. The standard InChI is InChI=1S/C8H9N5O/c1-2-14-7-4-3-6(5-9-7)8-10-12-13-11-8/h3-5H,2H2,1H3,(H,10,11,12,13). The number of H-pyrrole nitrogens is 1. The van der Waals surface area contributed by atoms with Crippen LogP contribution in [-0.4, -0.2) is 32.2 Å². The molecule has 0 aliphatic rings. The van der Waals surface area contributed by atoms with Crippen molar-refractivity contribution in [1.82, 2.24) is 25.6 Å². The first-order valence-corrected chi connectivity index (χ1v) is 4.23. The molecule has 14 heavy (non-hydrogen) atoms. The molecule has 0 amide bonds. The number of aromatic amines is 1. The molecule has 0 bridgehead atoms. The highest BCUT2D eigenvalue weighted by molar-refractivity contribution is 5.52. The van der Waals surface area contributed by atoms with Gasteiger partial charge in [-0.3, -0.25) is 0 Å². The fourth-order valence-corrected chi connectivity index (χ4v) is 1.03. The second-order valence-electron chi connectivity index (χ2n) is 2.55. The van der Waals surface area contributed by atoms with Crippen molar-refractivity contribution in [1.29, 1.82) is 0 Å². The Balaban J connectivity index is 2.22. The van der Waals surface area contributed by atoms with Gasteiger partial charge in [0.05, 0.1) is 6.61 Å². The van der Waals surface area contributed by atoms with Crippen LogP contribution < -0.4 is 4.74 Å². The SMILES string of the molecule is CCOc1ccc(-c2nn[nH]n2)cn1. The zero-order valence-electron chi connectivity index (χ0n) is 7.64. The summed E-state index contributed by atoms with van der Waals surface area (Å²) in [5, 5.41) is 13.5. The second-order valence-corrected chi connectivity index (χ2v) is 2.55. The average Bonchev–Trinajstić information content (AvgIpc) is 2.72. The molecule has 0 saturated carbocycles. The minimum Gasteiger partial charge on any atom is -0.478 e. The summed E-state index contributed by atoms with van der Waals surface area (Å²) in [6.07, 6.45) is 1.65. The van der Waals surface area contributed by atoms with Crippen LogP contribution in [0, 0.1) is 0 Å². The topological polar surface area (TPSA) is 76.6 Å². The molecule has 2 heterocycles. The van der Waals surface area contributed by atoms with Crippen molar-refractivity contribution in [2.45, 2.75) is 6.92 Å². The maximum atomic E-state index is 5.20. The largest absolute Gasteiger partial charge is 0.478 e. The summed E-state index contributed by atoms with van der Waals surface area (Å²) in [6, 6.07) is 3.61. The fraction of sp³-hybridized carbons (Fsp3) is 0.250. The Labute approximate surface area is 80.3 Å². The average molecular weight is 191 g/mol. The van der Waals surface area contributed by atoms with Crippen molar-refractivity contribution in [3.05, 3.63) is 18.3 Å². The van der Waals surface area contributed by atoms with Crippen LogP contribution >= 0.6 is 0 Å². The second kappa shape index (κ2) is 3.82. The molecule has 2 aromatic heterocycles. The number of nitrogens with zero attached hydrogens (tertiary/aromatic N) is 4. The Morgan fingerprint density at radius 2 is 2.36 bits per heavy atom. The van der Waals surface area contributed by atoms with Gasteiger partial charge in [-0.15, -0.1) is 10.2 Å². The first kappa shape index (κ1) is 8.61. The van der Waals surface area contributed by atoms with Crippen molar-refractivity contribution < 1.29 is 4.74 Å². The zero-order valence-corrected chi connectivity index (χ0v) is 7.64. The van der Waals surface area contributed by atoms with Gasteiger partial charge in [-0.2, -0.15) is 5.21 Å². The maximum absolute atomic E-state index is 5.20. The van der Waals surface area contributed by atoms with Gasteiger partial charge in [-0.1, -0.05) is 0 Å². The first-order chi connectivity index (χ1) is 6.90. The van der Waals surface area contributed by atoms with E-state index < -0.39 is 0 Å². The van der Waals surface area contributed by atoms with Crippen molar-refractivity contribution >= 4 is 0 Å². The molecule has 6 heteroatoms. The Morgan fingerprint density at radius 3 is 2.93 bits per heavy atom. The molecular formula is C8H9N5O. The molecule has 2 rings (SSSR count). The predicted molar refractivity (Wildman–Crippen MR) is 48.6 cm³/mol. The number of rotatable bonds is 3. The number of hydrogen-bond donors (Lipinski definition) is 1. The maximum Gasteiger partial charge on any atom is 0.213 e. The molecule has 0 atom stereocenters. The lowest BCUT2D eigenvalue weighted by Gasteiger charge is -2.00. The quantitative estimate of drug-likeness (QED) is 0.771. The van der Waals surface area contributed by atoms with E-state index in [9.17, 15) is 0 Å². The van der Waals surface area contributed by atoms with Gasteiger partial charge in [0, 0.05) is 17.8 Å². The Hall–Kier alpha value is -1.98. The monoisotopic (exact) mass is 191 g/mol. The molecular weight excluding hydrogens is 182 g/mol. The zero-order chi connectivity index (χ0) is 9.80. The number of nitrogens with one attached hydrogen (secondary N) is 1. The molecule has 0 saturated heterocycles. The predicted octanol–water partition coefficient (Wildman–Crippen LogP) is 0.660. The summed E-state index contributed by atoms with van der Waals surface area (Å²) >= 11 is 0. The first-order valence-electron chi connectivity index (χ1n) is 4.23. The van der Waals surface area contributed by atoms with E-state index in [1.807, 2.05) is 13.0 Å². The highest BCUT2D eigenvalue weighted by Gasteiger charge is 2.02. The Bertz CT molecular complexity index is 383. The van der Waals surface area contributed by atoms with E-state index >= 15 is 0 Å². The van der Waals surface area contributed by atoms with Gasteiger partial charge in [-0.05, 0) is 18.2 Å². The van der Waals surface area contributed by atoms with Crippen LogP contribution in [0.15, 0.2) is 18.3 Å². The summed E-state index contributed by atoms with van der Waals surface area (Å²) in [6.45, 7) is 2.52. The lowest BCUT2D eigenvalue weighted by molar-refractivity contribution is 0.327. The molecule has 6 nitrogen and oxygen atoms in total. The third-order valence-corrected chi connectivity index (χ3v) is 1.63. The Morgan fingerprint density at radius 1 is 1.43 bits per heavy atom. The van der Waals surface area contributed by atoms with Gasteiger partial charge >= 0.3 is 0 Å². The molecule has 72 valence electrons. The van der Waals surface area contributed by atoms with Crippen LogP contribution in [0.5, 0.6) is 5.88 Å². The van der Waals surface area contributed by atoms with E-state index in [0.29, 0.717) is 18.3 Å². The lowest BCUT2D eigenvalue weighted by atomic mass is 10.3. The van der Waals surface area contributed by atoms with E-state index in [-0.39, 0.29) is 0 Å². The van der Waals surface area contributed by atoms with E-state index in [4.69, 9.17) is 4.74 Å². The minimum atomic E-state index is 0.528. The smallest absolute Gasteiger partial charge is 0.213 e. The third kappa shape index (κ3) is 1.68. The van der Waals surface area contributed by atoms with Crippen LogP contribution in [0.3, 0.4) is 0 Å². The molecule has 0 radical (unpaired) electrons. The van der Waals surface area contributed by atoms with E-state index in [2.05, 4.69) is 25.6 Å². The van der Waals surface area contributed by atoms with Gasteiger partial charge in [0.15, 0.2) is 0 Å². The Kier molecular flexibility index (Phi) is 2.35. The van der Waals surface area contributed by atoms with Crippen LogP contribution in [-0.2, 0) is 0 Å². The highest BCUT2D eigenvalue weighted by atomic mass is 16.5. The van der Waals surface area contributed by atoms with E-state index in [0.717, 1.165) is 5.56 Å². The van der Waals surface area contributed by atoms with Crippen LogP contribution in [0.1, 0.15) is 6.92 Å². The number of aromatic nitrogens is 5. The molecule has 1 N–H and O–H groups in total. The molecule has 0 aliphatic carbocycles. The number of pyridine rings is 1. The van der Waals surface area contributed by atoms with Gasteiger partial charge in [0.1, 0.15) is 0 Å². The summed E-state index contributed by atoms with van der Waals surface area (Å²) in [7, 11) is 0. The number of tetrazole rings is 1. The van der Waals surface area contributed by atoms with Gasteiger partial charge < -0.3 is 4.74 Å². The van der Waals surface area contributed by atoms with Crippen LogP contribution in [0.25, 0.3) is 11.4 Å². The summed E-state index contributed by atoms with van der Waals surface area (Å²) in [4.78, 5) is 4.08. The van der Waals surface area contributed by atoms with E-state index in [1.54, 1.807) is 12.3 Å². The summed E-state index contributed by atoms with van der Waals surface area (Å²) in [5.74, 6) is 1.13. The molecule has 0 fully saturated rings. The van der Waals surface area contributed by atoms with Crippen molar-refractivity contribution in [3.63, 3.8) is 0 Å². The molecule has 0 aliphatic heterocycles. The molecule has 0 aromatic carbocycles. The third-order valence-electron chi connectivity index (χ3n) is 1.63. The van der Waals surface area contributed by atoms with Gasteiger partial charge in [0.2, 0.25) is 11.7 Å². The van der Waals surface area contributed by atoms with Crippen LogP contribution in [0.2, 0.25) is 0 Å².